The van der Waals surface area contributed by atoms with Crippen LogP contribution in [0.4, 0.5) is 11.4 Å². The van der Waals surface area contributed by atoms with E-state index in [1.165, 1.54) is 0 Å². The summed E-state index contributed by atoms with van der Waals surface area (Å²) in [6.07, 6.45) is 0. The number of hydrogen-bond acceptors (Lipinski definition) is 4. The van der Waals surface area contributed by atoms with E-state index in [1.54, 1.807) is 14.2 Å². The minimum absolute atomic E-state index is 0.728. The van der Waals surface area contributed by atoms with Crippen LogP contribution in [0.15, 0.2) is 58.9 Å². The Morgan fingerprint density at radius 2 is 1.38 bits per heavy atom. The summed E-state index contributed by atoms with van der Waals surface area (Å²) in [6.45, 7) is 2.75. The molecule has 0 saturated heterocycles. The zero-order chi connectivity index (χ0) is 15.1. The van der Waals surface area contributed by atoms with Crippen LogP contribution in [0.2, 0.25) is 0 Å². The first kappa shape index (κ1) is 14.8. The van der Waals surface area contributed by atoms with Crippen LogP contribution in [0, 0.1) is 0 Å². The molecule has 0 N–H and O–H groups in total. The van der Waals surface area contributed by atoms with Crippen molar-refractivity contribution in [2.75, 3.05) is 25.8 Å². The van der Waals surface area contributed by atoms with Gasteiger partial charge in [0.15, 0.2) is 0 Å². The van der Waals surface area contributed by atoms with Crippen LogP contribution < -0.4 is 14.5 Å². The van der Waals surface area contributed by atoms with Crippen LogP contribution in [0.5, 0.6) is 11.5 Å². The molecule has 0 radical (unpaired) electrons. The van der Waals surface area contributed by atoms with E-state index in [0.717, 1.165) is 29.4 Å². The van der Waals surface area contributed by atoms with Gasteiger partial charge in [0, 0.05) is 6.54 Å². The first-order valence-electron chi connectivity index (χ1n) is 6.74. The average molecular weight is 285 g/mol. The highest BCUT2D eigenvalue weighted by Crippen LogP contribution is 2.22. The van der Waals surface area contributed by atoms with E-state index in [9.17, 15) is 0 Å². The lowest BCUT2D eigenvalue weighted by Gasteiger charge is -2.15. The van der Waals surface area contributed by atoms with Crippen molar-refractivity contribution in [3.05, 3.63) is 48.5 Å². The van der Waals surface area contributed by atoms with E-state index < -0.39 is 0 Å². The molecular formula is C16H19N3O2. The standard InChI is InChI=1S/C16H19N3O2/c1-4-19(14-7-11-16(21-3)12-8-14)18-17-13-5-9-15(20-2)10-6-13/h5-12H,4H2,1-3H3. The maximum absolute atomic E-state index is 5.15. The van der Waals surface area contributed by atoms with E-state index in [4.69, 9.17) is 9.47 Å². The predicted molar refractivity (Wildman–Crippen MR) is 83.5 cm³/mol. The van der Waals surface area contributed by atoms with Crippen molar-refractivity contribution < 1.29 is 9.47 Å². The lowest BCUT2D eigenvalue weighted by atomic mass is 10.3. The van der Waals surface area contributed by atoms with Gasteiger partial charge >= 0.3 is 0 Å². The Morgan fingerprint density at radius 3 is 1.86 bits per heavy atom. The van der Waals surface area contributed by atoms with Crippen LogP contribution in [-0.2, 0) is 0 Å². The summed E-state index contributed by atoms with van der Waals surface area (Å²) >= 11 is 0. The lowest BCUT2D eigenvalue weighted by Crippen LogP contribution is -2.13. The Labute approximate surface area is 124 Å². The molecule has 0 fully saturated rings. The second-order valence-corrected chi connectivity index (χ2v) is 4.30. The third kappa shape index (κ3) is 3.95. The zero-order valence-electron chi connectivity index (χ0n) is 12.5. The fraction of sp³-hybridized carbons (Fsp3) is 0.250. The number of anilines is 1. The van der Waals surface area contributed by atoms with E-state index >= 15 is 0 Å². The highest BCUT2D eigenvalue weighted by Gasteiger charge is 2.03. The van der Waals surface area contributed by atoms with Crippen molar-refractivity contribution in [2.45, 2.75) is 6.92 Å². The van der Waals surface area contributed by atoms with Gasteiger partial charge in [0.25, 0.3) is 0 Å². The van der Waals surface area contributed by atoms with Crippen LogP contribution in [0.3, 0.4) is 0 Å². The second-order valence-electron chi connectivity index (χ2n) is 4.30. The largest absolute Gasteiger partial charge is 0.497 e. The zero-order valence-corrected chi connectivity index (χ0v) is 12.5. The van der Waals surface area contributed by atoms with Crippen molar-refractivity contribution in [2.24, 2.45) is 10.3 Å². The summed E-state index contributed by atoms with van der Waals surface area (Å²) in [4.78, 5) is 0. The molecule has 2 aromatic rings. The van der Waals surface area contributed by atoms with Crippen molar-refractivity contribution in [3.63, 3.8) is 0 Å². The van der Waals surface area contributed by atoms with Crippen LogP contribution in [-0.4, -0.2) is 20.8 Å². The third-order valence-electron chi connectivity index (χ3n) is 3.01. The monoisotopic (exact) mass is 285 g/mol. The highest BCUT2D eigenvalue weighted by molar-refractivity contribution is 5.48. The summed E-state index contributed by atoms with van der Waals surface area (Å²) in [5.74, 6) is 1.62. The molecule has 0 aliphatic carbocycles. The molecule has 0 saturated carbocycles. The summed E-state index contributed by atoms with van der Waals surface area (Å²) in [5.41, 5.74) is 1.75. The van der Waals surface area contributed by atoms with E-state index in [-0.39, 0.29) is 0 Å². The molecule has 5 heteroatoms. The number of nitrogens with zero attached hydrogens (tertiary/aromatic N) is 3. The predicted octanol–water partition coefficient (Wildman–Crippen LogP) is 4.23. The first-order chi connectivity index (χ1) is 10.3. The van der Waals surface area contributed by atoms with Crippen molar-refractivity contribution in [1.29, 1.82) is 0 Å². The topological polar surface area (TPSA) is 46.4 Å². The average Bonchev–Trinajstić information content (AvgIpc) is 2.56. The summed E-state index contributed by atoms with van der Waals surface area (Å²) < 4.78 is 10.3. The van der Waals surface area contributed by atoms with Crippen molar-refractivity contribution in [3.8, 4) is 11.5 Å². The molecule has 0 aromatic heterocycles. The third-order valence-corrected chi connectivity index (χ3v) is 3.01. The molecule has 110 valence electrons. The van der Waals surface area contributed by atoms with Gasteiger partial charge in [-0.2, -0.15) is 0 Å². The molecule has 0 unspecified atom stereocenters. The fourth-order valence-electron chi connectivity index (χ4n) is 1.81. The molecule has 0 heterocycles. The van der Waals surface area contributed by atoms with Crippen LogP contribution in [0.1, 0.15) is 6.92 Å². The van der Waals surface area contributed by atoms with E-state index in [2.05, 4.69) is 10.3 Å². The first-order valence-corrected chi connectivity index (χ1v) is 6.74. The summed E-state index contributed by atoms with van der Waals surface area (Å²) in [6, 6.07) is 15.2. The smallest absolute Gasteiger partial charge is 0.119 e. The quantitative estimate of drug-likeness (QED) is 0.589. The van der Waals surface area contributed by atoms with Gasteiger partial charge in [-0.1, -0.05) is 5.22 Å². The number of benzene rings is 2. The van der Waals surface area contributed by atoms with Crippen molar-refractivity contribution >= 4 is 11.4 Å². The number of hydrogen-bond donors (Lipinski definition) is 0. The van der Waals surface area contributed by atoms with Gasteiger partial charge in [-0.3, -0.25) is 0 Å². The molecule has 0 bridgehead atoms. The fourth-order valence-corrected chi connectivity index (χ4v) is 1.81. The molecule has 2 rings (SSSR count). The lowest BCUT2D eigenvalue weighted by molar-refractivity contribution is 0.414. The van der Waals surface area contributed by atoms with Gasteiger partial charge in [0.1, 0.15) is 11.5 Å². The van der Waals surface area contributed by atoms with Gasteiger partial charge in [-0.15, -0.1) is 5.11 Å². The molecule has 0 amide bonds. The maximum atomic E-state index is 5.15. The summed E-state index contributed by atoms with van der Waals surface area (Å²) in [7, 11) is 3.29. The molecule has 0 aliphatic heterocycles. The molecule has 0 aliphatic rings. The molecule has 2 aromatic carbocycles. The SMILES string of the molecule is CCN(N=Nc1ccc(OC)cc1)c1ccc(OC)cc1. The Kier molecular flexibility index (Phi) is 5.15. The van der Waals surface area contributed by atoms with Gasteiger partial charge in [0.2, 0.25) is 0 Å². The molecule has 21 heavy (non-hydrogen) atoms. The Balaban J connectivity index is 2.11. The number of ether oxygens (including phenoxy) is 2. The molecule has 0 spiro atoms. The van der Waals surface area contributed by atoms with Crippen LogP contribution in [0.25, 0.3) is 0 Å². The van der Waals surface area contributed by atoms with Gasteiger partial charge in [0.05, 0.1) is 25.6 Å². The normalized spacial score (nSPS) is 10.6. The Morgan fingerprint density at radius 1 is 0.857 bits per heavy atom. The molecule has 0 atom stereocenters. The van der Waals surface area contributed by atoms with Crippen molar-refractivity contribution in [1.82, 2.24) is 0 Å². The van der Waals surface area contributed by atoms with Gasteiger partial charge < -0.3 is 9.47 Å². The van der Waals surface area contributed by atoms with Gasteiger partial charge in [-0.05, 0) is 55.5 Å². The van der Waals surface area contributed by atoms with E-state index in [0.29, 0.717) is 0 Å². The Bertz CT molecular complexity index is 579. The highest BCUT2D eigenvalue weighted by atomic mass is 16.5. The second kappa shape index (κ2) is 7.28. The minimum atomic E-state index is 0.728. The number of rotatable bonds is 6. The Hall–Kier alpha value is -2.56. The van der Waals surface area contributed by atoms with Crippen LogP contribution >= 0.6 is 0 Å². The number of methoxy groups -OCH3 is 2. The minimum Gasteiger partial charge on any atom is -0.497 e. The maximum Gasteiger partial charge on any atom is 0.119 e. The molecular weight excluding hydrogens is 266 g/mol. The van der Waals surface area contributed by atoms with Gasteiger partial charge in [-0.25, -0.2) is 5.01 Å². The summed E-state index contributed by atoms with van der Waals surface area (Å²) in [5, 5.41) is 10.3. The van der Waals surface area contributed by atoms with E-state index in [1.807, 2.05) is 60.5 Å². The molecule has 5 nitrogen and oxygen atoms in total.